The number of aromatic nitrogens is 2. The van der Waals surface area contributed by atoms with E-state index in [0.717, 1.165) is 11.3 Å². The molecule has 2 N–H and O–H groups in total. The summed E-state index contributed by atoms with van der Waals surface area (Å²) in [5, 5.41) is 4.07. The molecule has 1 aromatic heterocycles. The fraction of sp³-hybridized carbons (Fsp3) is 0.182. The summed E-state index contributed by atoms with van der Waals surface area (Å²) in [6.45, 7) is 0.359. The van der Waals surface area contributed by atoms with Gasteiger partial charge in [0.15, 0.2) is 0 Å². The molecular weight excluding hydrogens is 193 g/mol. The first-order valence-electron chi connectivity index (χ1n) is 4.70. The average molecular weight is 205 g/mol. The van der Waals surface area contributed by atoms with Crippen molar-refractivity contribution in [2.24, 2.45) is 12.8 Å². The van der Waals surface area contributed by atoms with Crippen LogP contribution in [0, 0.1) is 5.82 Å². The molecule has 2 rings (SSSR count). The zero-order valence-electron chi connectivity index (χ0n) is 8.44. The number of halogens is 1. The van der Waals surface area contributed by atoms with Gasteiger partial charge in [-0.25, -0.2) is 4.39 Å². The summed E-state index contributed by atoms with van der Waals surface area (Å²) in [7, 11) is 1.78. The van der Waals surface area contributed by atoms with Crippen molar-refractivity contribution in [3.05, 3.63) is 41.8 Å². The van der Waals surface area contributed by atoms with E-state index in [1.54, 1.807) is 36.1 Å². The Hall–Kier alpha value is -1.68. The van der Waals surface area contributed by atoms with Crippen LogP contribution in [0.15, 0.2) is 30.5 Å². The van der Waals surface area contributed by atoms with Gasteiger partial charge in [-0.15, -0.1) is 0 Å². The van der Waals surface area contributed by atoms with E-state index in [2.05, 4.69) is 5.10 Å². The first-order valence-corrected chi connectivity index (χ1v) is 4.70. The van der Waals surface area contributed by atoms with Crippen molar-refractivity contribution in [3.8, 4) is 11.3 Å². The number of rotatable bonds is 2. The van der Waals surface area contributed by atoms with E-state index in [4.69, 9.17) is 5.73 Å². The fourth-order valence-electron chi connectivity index (χ4n) is 1.63. The van der Waals surface area contributed by atoms with Gasteiger partial charge in [0, 0.05) is 24.7 Å². The van der Waals surface area contributed by atoms with E-state index >= 15 is 0 Å². The Morgan fingerprint density at radius 2 is 2.13 bits per heavy atom. The lowest BCUT2D eigenvalue weighted by Crippen LogP contribution is -2.01. The molecule has 0 aliphatic rings. The first-order chi connectivity index (χ1) is 7.24. The Balaban J connectivity index is 2.63. The number of aryl methyl sites for hydroxylation is 1. The van der Waals surface area contributed by atoms with Gasteiger partial charge in [-0.2, -0.15) is 5.10 Å². The minimum Gasteiger partial charge on any atom is -0.326 e. The fourth-order valence-corrected chi connectivity index (χ4v) is 1.63. The van der Waals surface area contributed by atoms with Crippen molar-refractivity contribution in [2.45, 2.75) is 6.54 Å². The number of hydrogen-bond acceptors (Lipinski definition) is 2. The van der Waals surface area contributed by atoms with Crippen molar-refractivity contribution in [2.75, 3.05) is 0 Å². The summed E-state index contributed by atoms with van der Waals surface area (Å²) in [4.78, 5) is 0. The van der Waals surface area contributed by atoms with Crippen LogP contribution >= 0.6 is 0 Å². The first kappa shape index (κ1) is 9.86. The second kappa shape index (κ2) is 3.82. The maximum absolute atomic E-state index is 13.6. The molecule has 0 aliphatic carbocycles. The Labute approximate surface area is 87.3 Å². The summed E-state index contributed by atoms with van der Waals surface area (Å²) < 4.78 is 15.2. The molecule has 0 aliphatic heterocycles. The highest BCUT2D eigenvalue weighted by atomic mass is 19.1. The van der Waals surface area contributed by atoms with Crippen LogP contribution in [0.2, 0.25) is 0 Å². The van der Waals surface area contributed by atoms with Crippen LogP contribution in [0.25, 0.3) is 11.3 Å². The molecule has 0 radical (unpaired) electrons. The van der Waals surface area contributed by atoms with Gasteiger partial charge in [0.05, 0.1) is 11.9 Å². The number of benzene rings is 1. The van der Waals surface area contributed by atoms with E-state index in [-0.39, 0.29) is 5.82 Å². The molecule has 0 saturated carbocycles. The molecule has 0 spiro atoms. The van der Waals surface area contributed by atoms with Gasteiger partial charge in [-0.3, -0.25) is 4.68 Å². The van der Waals surface area contributed by atoms with Crippen LogP contribution in [0.5, 0.6) is 0 Å². The number of hydrogen-bond donors (Lipinski definition) is 1. The van der Waals surface area contributed by atoms with Crippen LogP contribution in [0.1, 0.15) is 5.56 Å². The van der Waals surface area contributed by atoms with E-state index in [1.165, 1.54) is 6.07 Å². The molecule has 2 aromatic rings. The van der Waals surface area contributed by atoms with Gasteiger partial charge >= 0.3 is 0 Å². The second-order valence-corrected chi connectivity index (χ2v) is 3.33. The van der Waals surface area contributed by atoms with E-state index in [1.807, 2.05) is 0 Å². The largest absolute Gasteiger partial charge is 0.326 e. The highest BCUT2D eigenvalue weighted by Crippen LogP contribution is 2.25. The molecule has 0 bridgehead atoms. The summed E-state index contributed by atoms with van der Waals surface area (Å²) in [6.07, 6.45) is 1.67. The lowest BCUT2D eigenvalue weighted by atomic mass is 10.1. The normalized spacial score (nSPS) is 10.6. The maximum Gasteiger partial charge on any atom is 0.132 e. The highest BCUT2D eigenvalue weighted by molar-refractivity contribution is 5.63. The molecule has 1 heterocycles. The smallest absolute Gasteiger partial charge is 0.132 e. The third-order valence-electron chi connectivity index (χ3n) is 2.36. The van der Waals surface area contributed by atoms with Gasteiger partial charge < -0.3 is 5.73 Å². The molecule has 0 unspecified atom stereocenters. The highest BCUT2D eigenvalue weighted by Gasteiger charge is 2.12. The summed E-state index contributed by atoms with van der Waals surface area (Å²) >= 11 is 0. The Kier molecular flexibility index (Phi) is 2.51. The van der Waals surface area contributed by atoms with Crippen molar-refractivity contribution < 1.29 is 4.39 Å². The summed E-state index contributed by atoms with van der Waals surface area (Å²) in [5.74, 6) is -0.254. The van der Waals surface area contributed by atoms with Gasteiger partial charge in [0.1, 0.15) is 5.82 Å². The van der Waals surface area contributed by atoms with Crippen molar-refractivity contribution in [1.29, 1.82) is 0 Å². The molecular formula is C11H12FN3. The predicted molar refractivity (Wildman–Crippen MR) is 56.5 cm³/mol. The maximum atomic E-state index is 13.6. The summed E-state index contributed by atoms with van der Waals surface area (Å²) in [6, 6.07) is 6.62. The molecule has 4 heteroatoms. The van der Waals surface area contributed by atoms with Gasteiger partial charge in [0.25, 0.3) is 0 Å². The molecule has 0 atom stereocenters. The van der Waals surface area contributed by atoms with Crippen LogP contribution in [0.4, 0.5) is 4.39 Å². The quantitative estimate of drug-likeness (QED) is 0.810. The Bertz CT molecular complexity index is 476. The van der Waals surface area contributed by atoms with Crippen LogP contribution in [0.3, 0.4) is 0 Å². The van der Waals surface area contributed by atoms with Crippen LogP contribution < -0.4 is 5.73 Å². The second-order valence-electron chi connectivity index (χ2n) is 3.33. The van der Waals surface area contributed by atoms with Crippen molar-refractivity contribution >= 4 is 0 Å². The molecule has 15 heavy (non-hydrogen) atoms. The molecule has 1 aromatic carbocycles. The predicted octanol–water partition coefficient (Wildman–Crippen LogP) is 1.68. The number of nitrogens with two attached hydrogens (primary N) is 1. The van der Waals surface area contributed by atoms with E-state index in [0.29, 0.717) is 12.1 Å². The standard InChI is InChI=1S/C11H12FN3/c1-15-11(8(6-13)7-14-15)9-4-2-3-5-10(9)12/h2-5,7H,6,13H2,1H3. The number of nitrogens with zero attached hydrogens (tertiary/aromatic N) is 2. The monoisotopic (exact) mass is 205 g/mol. The summed E-state index contributed by atoms with van der Waals surface area (Å²) in [5.41, 5.74) is 7.71. The zero-order valence-corrected chi connectivity index (χ0v) is 8.44. The average Bonchev–Trinajstić information content (AvgIpc) is 2.60. The molecule has 0 saturated heterocycles. The van der Waals surface area contributed by atoms with E-state index in [9.17, 15) is 4.39 Å². The minimum atomic E-state index is -0.254. The van der Waals surface area contributed by atoms with Gasteiger partial charge in [-0.1, -0.05) is 12.1 Å². The van der Waals surface area contributed by atoms with Crippen LogP contribution in [-0.2, 0) is 13.6 Å². The lowest BCUT2D eigenvalue weighted by Gasteiger charge is -2.05. The molecule has 0 fully saturated rings. The Morgan fingerprint density at radius 3 is 2.80 bits per heavy atom. The van der Waals surface area contributed by atoms with Crippen LogP contribution in [-0.4, -0.2) is 9.78 Å². The molecule has 78 valence electrons. The molecule has 3 nitrogen and oxygen atoms in total. The van der Waals surface area contributed by atoms with E-state index < -0.39 is 0 Å². The van der Waals surface area contributed by atoms with Crippen molar-refractivity contribution in [1.82, 2.24) is 9.78 Å². The van der Waals surface area contributed by atoms with Gasteiger partial charge in [0.2, 0.25) is 0 Å². The minimum absolute atomic E-state index is 0.254. The molecule has 0 amide bonds. The van der Waals surface area contributed by atoms with Crippen molar-refractivity contribution in [3.63, 3.8) is 0 Å². The third-order valence-corrected chi connectivity index (χ3v) is 2.36. The SMILES string of the molecule is Cn1ncc(CN)c1-c1ccccc1F. The third kappa shape index (κ3) is 1.64. The van der Waals surface area contributed by atoms with Gasteiger partial charge in [-0.05, 0) is 12.1 Å². The lowest BCUT2D eigenvalue weighted by molar-refractivity contribution is 0.628. The Morgan fingerprint density at radius 1 is 1.40 bits per heavy atom. The topological polar surface area (TPSA) is 43.8 Å². The zero-order chi connectivity index (χ0) is 10.8.